The van der Waals surface area contributed by atoms with Gasteiger partial charge in [-0.3, -0.25) is 0 Å². The molecule has 28 heavy (non-hydrogen) atoms. The van der Waals surface area contributed by atoms with Crippen LogP contribution in [0.4, 0.5) is 17.5 Å². The summed E-state index contributed by atoms with van der Waals surface area (Å²) >= 11 is 0. The minimum atomic E-state index is 0.128. The van der Waals surface area contributed by atoms with Gasteiger partial charge in [-0.2, -0.15) is 10.1 Å². The van der Waals surface area contributed by atoms with Crippen LogP contribution in [-0.4, -0.2) is 28.8 Å². The Balaban J connectivity index is 1.57. The quantitative estimate of drug-likeness (QED) is 0.628. The predicted molar refractivity (Wildman–Crippen MR) is 113 cm³/mol. The highest BCUT2D eigenvalue weighted by atomic mass is 16.5. The van der Waals surface area contributed by atoms with Crippen molar-refractivity contribution in [2.24, 2.45) is 0 Å². The summed E-state index contributed by atoms with van der Waals surface area (Å²) in [4.78, 5) is 4.48. The van der Waals surface area contributed by atoms with E-state index in [0.29, 0.717) is 11.8 Å². The lowest BCUT2D eigenvalue weighted by atomic mass is 9.87. The van der Waals surface area contributed by atoms with Gasteiger partial charge in [0.25, 0.3) is 0 Å². The lowest BCUT2D eigenvalue weighted by molar-refractivity contribution is 0.414. The molecule has 0 saturated carbocycles. The third-order valence-electron chi connectivity index (χ3n) is 4.42. The fraction of sp³-hybridized carbons (Fsp3) is 0.318. The summed E-state index contributed by atoms with van der Waals surface area (Å²) in [5, 5.41) is 14.6. The second-order valence-corrected chi connectivity index (χ2v) is 7.65. The Kier molecular flexibility index (Phi) is 6.09. The molecule has 0 fully saturated rings. The van der Waals surface area contributed by atoms with E-state index in [-0.39, 0.29) is 5.41 Å². The molecule has 0 spiro atoms. The molecule has 1 aromatic heterocycles. The standard InChI is InChI=1S/C22H27N5O/c1-22(2,3)17-8-10-18(11-9-17)25-21-26-20(15-24-27-21)23-13-12-16-6-5-7-19(14-16)28-4/h5-11,14-15H,12-13H2,1-4H3,(H2,23,25,26,27). The van der Waals surface area contributed by atoms with Crippen LogP contribution in [-0.2, 0) is 11.8 Å². The SMILES string of the molecule is COc1cccc(CCNc2cnnc(Nc3ccc(C(C)(C)C)cc3)n2)c1. The van der Waals surface area contributed by atoms with Crippen LogP contribution in [0.3, 0.4) is 0 Å². The van der Waals surface area contributed by atoms with Crippen LogP contribution in [0.25, 0.3) is 0 Å². The summed E-state index contributed by atoms with van der Waals surface area (Å²) in [6, 6.07) is 16.4. The Bertz CT molecular complexity index is 903. The first-order chi connectivity index (χ1) is 13.4. The second kappa shape index (κ2) is 8.69. The van der Waals surface area contributed by atoms with E-state index in [9.17, 15) is 0 Å². The Morgan fingerprint density at radius 1 is 1.04 bits per heavy atom. The largest absolute Gasteiger partial charge is 0.497 e. The van der Waals surface area contributed by atoms with Crippen LogP contribution in [0, 0.1) is 0 Å². The number of hydrogen-bond donors (Lipinski definition) is 2. The zero-order valence-corrected chi connectivity index (χ0v) is 16.9. The summed E-state index contributed by atoms with van der Waals surface area (Å²) < 4.78 is 5.26. The van der Waals surface area contributed by atoms with Crippen LogP contribution in [0.5, 0.6) is 5.75 Å². The molecule has 6 nitrogen and oxygen atoms in total. The molecular formula is C22H27N5O. The number of nitrogens with zero attached hydrogens (tertiary/aromatic N) is 3. The maximum atomic E-state index is 5.26. The number of aromatic nitrogens is 3. The van der Waals surface area contributed by atoms with E-state index in [4.69, 9.17) is 4.74 Å². The van der Waals surface area contributed by atoms with Gasteiger partial charge >= 0.3 is 0 Å². The minimum absolute atomic E-state index is 0.128. The zero-order valence-electron chi connectivity index (χ0n) is 16.9. The van der Waals surface area contributed by atoms with Crippen LogP contribution in [0.2, 0.25) is 0 Å². The number of nitrogens with one attached hydrogen (secondary N) is 2. The molecule has 0 aliphatic carbocycles. The summed E-state index contributed by atoms with van der Waals surface area (Å²) in [5.41, 5.74) is 3.54. The monoisotopic (exact) mass is 377 g/mol. The molecule has 2 aromatic carbocycles. The highest BCUT2D eigenvalue weighted by molar-refractivity contribution is 5.55. The molecule has 0 aliphatic rings. The average molecular weight is 377 g/mol. The zero-order chi connectivity index (χ0) is 20.0. The van der Waals surface area contributed by atoms with E-state index < -0.39 is 0 Å². The van der Waals surface area contributed by atoms with Crippen molar-refractivity contribution in [1.29, 1.82) is 0 Å². The van der Waals surface area contributed by atoms with Crippen LogP contribution in [0.15, 0.2) is 54.7 Å². The molecule has 0 saturated heterocycles. The first kappa shape index (κ1) is 19.6. The third-order valence-corrected chi connectivity index (χ3v) is 4.42. The maximum Gasteiger partial charge on any atom is 0.249 e. The van der Waals surface area contributed by atoms with E-state index in [1.54, 1.807) is 13.3 Å². The van der Waals surface area contributed by atoms with Crippen molar-refractivity contribution in [3.05, 3.63) is 65.9 Å². The molecule has 0 atom stereocenters. The number of rotatable bonds is 7. The number of hydrogen-bond acceptors (Lipinski definition) is 6. The van der Waals surface area contributed by atoms with Gasteiger partial charge < -0.3 is 15.4 Å². The number of benzene rings is 2. The summed E-state index contributed by atoms with van der Waals surface area (Å²) in [7, 11) is 1.68. The number of ether oxygens (including phenoxy) is 1. The van der Waals surface area contributed by atoms with E-state index in [2.05, 4.69) is 64.8 Å². The van der Waals surface area contributed by atoms with Gasteiger partial charge in [-0.15, -0.1) is 5.10 Å². The second-order valence-electron chi connectivity index (χ2n) is 7.65. The molecule has 1 heterocycles. The van der Waals surface area contributed by atoms with Gasteiger partial charge in [0.1, 0.15) is 5.75 Å². The topological polar surface area (TPSA) is 72.0 Å². The molecular weight excluding hydrogens is 350 g/mol. The third kappa shape index (κ3) is 5.42. The summed E-state index contributed by atoms with van der Waals surface area (Å²) in [5.74, 6) is 2.02. The van der Waals surface area contributed by atoms with Gasteiger partial charge in [0.05, 0.1) is 13.3 Å². The van der Waals surface area contributed by atoms with Crippen molar-refractivity contribution < 1.29 is 4.74 Å². The van der Waals surface area contributed by atoms with Crippen molar-refractivity contribution in [2.45, 2.75) is 32.6 Å². The Morgan fingerprint density at radius 2 is 1.82 bits per heavy atom. The molecule has 0 radical (unpaired) electrons. The van der Waals surface area contributed by atoms with Crippen molar-refractivity contribution >= 4 is 17.5 Å². The van der Waals surface area contributed by atoms with Gasteiger partial charge in [-0.25, -0.2) is 0 Å². The molecule has 0 amide bonds. The van der Waals surface area contributed by atoms with Crippen molar-refractivity contribution in [2.75, 3.05) is 24.3 Å². The molecule has 0 bridgehead atoms. The summed E-state index contributed by atoms with van der Waals surface area (Å²) in [6.07, 6.45) is 2.48. The van der Waals surface area contributed by atoms with Crippen LogP contribution in [0.1, 0.15) is 31.9 Å². The average Bonchev–Trinajstić information content (AvgIpc) is 2.68. The van der Waals surface area contributed by atoms with Gasteiger partial charge in [0.2, 0.25) is 5.95 Å². The van der Waals surface area contributed by atoms with Gasteiger partial charge in [-0.05, 0) is 47.2 Å². The fourth-order valence-corrected chi connectivity index (χ4v) is 2.79. The lowest BCUT2D eigenvalue weighted by Crippen LogP contribution is -2.11. The molecule has 3 rings (SSSR count). The predicted octanol–water partition coefficient (Wildman–Crippen LogP) is 4.58. The van der Waals surface area contributed by atoms with Crippen LogP contribution >= 0.6 is 0 Å². The van der Waals surface area contributed by atoms with E-state index in [1.807, 2.05) is 30.3 Å². The normalized spacial score (nSPS) is 11.1. The van der Waals surface area contributed by atoms with Crippen LogP contribution < -0.4 is 15.4 Å². The minimum Gasteiger partial charge on any atom is -0.497 e. The molecule has 2 N–H and O–H groups in total. The molecule has 6 heteroatoms. The van der Waals surface area contributed by atoms with Crippen molar-refractivity contribution in [1.82, 2.24) is 15.2 Å². The summed E-state index contributed by atoms with van der Waals surface area (Å²) in [6.45, 7) is 7.33. The van der Waals surface area contributed by atoms with Gasteiger partial charge in [0.15, 0.2) is 5.82 Å². The molecule has 146 valence electrons. The highest BCUT2D eigenvalue weighted by Crippen LogP contribution is 2.24. The highest BCUT2D eigenvalue weighted by Gasteiger charge is 2.13. The van der Waals surface area contributed by atoms with Crippen molar-refractivity contribution in [3.8, 4) is 5.75 Å². The van der Waals surface area contributed by atoms with Gasteiger partial charge in [-0.1, -0.05) is 45.0 Å². The van der Waals surface area contributed by atoms with E-state index >= 15 is 0 Å². The first-order valence-corrected chi connectivity index (χ1v) is 9.38. The molecule has 0 unspecified atom stereocenters. The lowest BCUT2D eigenvalue weighted by Gasteiger charge is -2.19. The van der Waals surface area contributed by atoms with Crippen molar-refractivity contribution in [3.63, 3.8) is 0 Å². The first-order valence-electron chi connectivity index (χ1n) is 9.38. The smallest absolute Gasteiger partial charge is 0.249 e. The Hall–Kier alpha value is -3.15. The Labute approximate surface area is 166 Å². The maximum absolute atomic E-state index is 5.26. The number of anilines is 3. The number of methoxy groups -OCH3 is 1. The van der Waals surface area contributed by atoms with E-state index in [0.717, 1.165) is 24.4 Å². The Morgan fingerprint density at radius 3 is 2.54 bits per heavy atom. The van der Waals surface area contributed by atoms with E-state index in [1.165, 1.54) is 11.1 Å². The molecule has 0 aliphatic heterocycles. The van der Waals surface area contributed by atoms with Gasteiger partial charge in [0, 0.05) is 12.2 Å². The fourth-order valence-electron chi connectivity index (χ4n) is 2.79. The molecule has 3 aromatic rings.